The molecule has 1 heterocycles. The van der Waals surface area contributed by atoms with Gasteiger partial charge in [0.05, 0.1) is 18.0 Å². The Morgan fingerprint density at radius 1 is 1.00 bits per heavy atom. The highest BCUT2D eigenvalue weighted by Gasteiger charge is 2.20. The maximum atomic E-state index is 13.7. The number of hydrogen-bond acceptors (Lipinski definition) is 4. The fourth-order valence-corrected chi connectivity index (χ4v) is 3.85. The van der Waals surface area contributed by atoms with Crippen molar-refractivity contribution in [1.29, 1.82) is 0 Å². The lowest BCUT2D eigenvalue weighted by Gasteiger charge is -2.25. The summed E-state index contributed by atoms with van der Waals surface area (Å²) in [5.41, 5.74) is 1.59. The molecule has 1 N–H and O–H groups in total. The Morgan fingerprint density at radius 2 is 1.70 bits per heavy atom. The normalized spacial score (nSPS) is 12.1. The number of amides is 1. The first-order chi connectivity index (χ1) is 15.9. The van der Waals surface area contributed by atoms with Crippen molar-refractivity contribution in [3.63, 3.8) is 0 Å². The number of rotatable bonds is 7. The quantitative estimate of drug-likeness (QED) is 0.473. The molecular formula is C26H25FN4O2. The third kappa shape index (κ3) is 4.99. The number of nitrogens with zero attached hydrogens (tertiary/aromatic N) is 3. The lowest BCUT2D eigenvalue weighted by molar-refractivity contribution is 0.0936. The molecule has 0 radical (unpaired) electrons. The number of likely N-dealkylation sites (N-methyl/N-ethyl adjacent to an activating group) is 1. The van der Waals surface area contributed by atoms with Crippen molar-refractivity contribution in [2.45, 2.75) is 12.6 Å². The van der Waals surface area contributed by atoms with E-state index in [4.69, 9.17) is 0 Å². The van der Waals surface area contributed by atoms with Gasteiger partial charge in [-0.3, -0.25) is 9.59 Å². The minimum atomic E-state index is -0.392. The zero-order valence-electron chi connectivity index (χ0n) is 18.5. The summed E-state index contributed by atoms with van der Waals surface area (Å²) >= 11 is 0. The molecule has 33 heavy (non-hydrogen) atoms. The summed E-state index contributed by atoms with van der Waals surface area (Å²) in [7, 11) is 3.74. The van der Waals surface area contributed by atoms with E-state index >= 15 is 0 Å². The number of carbonyl (C=O) groups is 1. The lowest BCUT2D eigenvalue weighted by Crippen LogP contribution is -2.36. The SMILES string of the molecule is CN(C)[C@@H](CNC(=O)c1nn(Cc2ccccc2)c(=O)c2ccccc12)c1cccc(F)c1. The Morgan fingerprint density at radius 3 is 2.39 bits per heavy atom. The molecule has 0 unspecified atom stereocenters. The van der Waals surface area contributed by atoms with Gasteiger partial charge in [-0.05, 0) is 43.4 Å². The van der Waals surface area contributed by atoms with Gasteiger partial charge in [-0.2, -0.15) is 5.10 Å². The number of benzene rings is 3. The van der Waals surface area contributed by atoms with Gasteiger partial charge in [0, 0.05) is 11.9 Å². The van der Waals surface area contributed by atoms with Crippen molar-refractivity contribution in [2.24, 2.45) is 0 Å². The topological polar surface area (TPSA) is 67.2 Å². The summed E-state index contributed by atoms with van der Waals surface area (Å²) in [6.45, 7) is 0.511. The van der Waals surface area contributed by atoms with Gasteiger partial charge in [0.1, 0.15) is 5.82 Å². The van der Waals surface area contributed by atoms with Gasteiger partial charge in [-0.25, -0.2) is 9.07 Å². The molecular weight excluding hydrogens is 419 g/mol. The molecule has 0 spiro atoms. The monoisotopic (exact) mass is 444 g/mol. The summed E-state index contributed by atoms with van der Waals surface area (Å²) in [6, 6.07) is 22.6. The predicted molar refractivity (Wildman–Crippen MR) is 127 cm³/mol. The zero-order valence-corrected chi connectivity index (χ0v) is 18.5. The van der Waals surface area contributed by atoms with Crippen LogP contribution in [0.3, 0.4) is 0 Å². The van der Waals surface area contributed by atoms with E-state index in [-0.39, 0.29) is 36.2 Å². The maximum absolute atomic E-state index is 13.7. The third-order valence-electron chi connectivity index (χ3n) is 5.57. The number of hydrogen-bond donors (Lipinski definition) is 1. The molecule has 1 amide bonds. The van der Waals surface area contributed by atoms with E-state index < -0.39 is 5.91 Å². The largest absolute Gasteiger partial charge is 0.349 e. The Bertz CT molecular complexity index is 1340. The second-order valence-corrected chi connectivity index (χ2v) is 8.09. The Balaban J connectivity index is 1.66. The van der Waals surface area contributed by atoms with Crippen molar-refractivity contribution in [1.82, 2.24) is 20.0 Å². The highest BCUT2D eigenvalue weighted by atomic mass is 19.1. The van der Waals surface area contributed by atoms with Crippen molar-refractivity contribution in [3.8, 4) is 0 Å². The molecule has 0 bridgehead atoms. The molecule has 1 aromatic heterocycles. The average molecular weight is 445 g/mol. The highest BCUT2D eigenvalue weighted by Crippen LogP contribution is 2.19. The number of nitrogens with one attached hydrogen (secondary N) is 1. The molecule has 0 aliphatic rings. The van der Waals surface area contributed by atoms with Crippen LogP contribution in [-0.4, -0.2) is 41.2 Å². The standard InChI is InChI=1S/C26H25FN4O2/c1-30(2)23(19-11-8-12-20(27)15-19)16-28-25(32)24-21-13-6-7-14-22(21)26(33)31(29-24)17-18-9-4-3-5-10-18/h3-15,23H,16-17H2,1-2H3,(H,28,32)/t23-/m0/s1. The first kappa shape index (κ1) is 22.4. The van der Waals surface area contributed by atoms with Crippen LogP contribution in [0.2, 0.25) is 0 Å². The van der Waals surface area contributed by atoms with Crippen molar-refractivity contribution < 1.29 is 9.18 Å². The van der Waals surface area contributed by atoms with E-state index in [2.05, 4.69) is 10.4 Å². The minimum absolute atomic E-state index is 0.179. The fourth-order valence-electron chi connectivity index (χ4n) is 3.85. The smallest absolute Gasteiger partial charge is 0.274 e. The highest BCUT2D eigenvalue weighted by molar-refractivity contribution is 6.04. The average Bonchev–Trinajstić information content (AvgIpc) is 2.81. The zero-order chi connectivity index (χ0) is 23.4. The van der Waals surface area contributed by atoms with Gasteiger partial charge in [0.2, 0.25) is 0 Å². The van der Waals surface area contributed by atoms with E-state index in [0.717, 1.165) is 11.1 Å². The summed E-state index contributed by atoms with van der Waals surface area (Å²) < 4.78 is 15.1. The number of fused-ring (bicyclic) bond motifs is 1. The summed E-state index contributed by atoms with van der Waals surface area (Å²) in [6.07, 6.45) is 0. The van der Waals surface area contributed by atoms with Crippen LogP contribution >= 0.6 is 0 Å². The van der Waals surface area contributed by atoms with Crippen molar-refractivity contribution >= 4 is 16.7 Å². The first-order valence-electron chi connectivity index (χ1n) is 10.7. The molecule has 0 saturated carbocycles. The van der Waals surface area contributed by atoms with Crippen molar-refractivity contribution in [3.05, 3.63) is 112 Å². The Labute approximate surface area is 191 Å². The third-order valence-corrected chi connectivity index (χ3v) is 5.57. The Kier molecular flexibility index (Phi) is 6.60. The first-order valence-corrected chi connectivity index (χ1v) is 10.7. The van der Waals surface area contributed by atoms with Crippen LogP contribution < -0.4 is 10.9 Å². The van der Waals surface area contributed by atoms with Crippen LogP contribution in [-0.2, 0) is 6.54 Å². The summed E-state index contributed by atoms with van der Waals surface area (Å²) in [5.74, 6) is -0.720. The van der Waals surface area contributed by atoms with E-state index in [0.29, 0.717) is 10.8 Å². The molecule has 4 rings (SSSR count). The molecule has 0 aliphatic carbocycles. The lowest BCUT2D eigenvalue weighted by atomic mass is 10.1. The molecule has 3 aromatic carbocycles. The number of halogens is 1. The van der Waals surface area contributed by atoms with Gasteiger partial charge >= 0.3 is 0 Å². The number of aromatic nitrogens is 2. The van der Waals surface area contributed by atoms with Crippen LogP contribution in [0.1, 0.15) is 27.7 Å². The molecule has 0 saturated heterocycles. The summed E-state index contributed by atoms with van der Waals surface area (Å²) in [4.78, 5) is 28.1. The summed E-state index contributed by atoms with van der Waals surface area (Å²) in [5, 5.41) is 8.27. The van der Waals surface area contributed by atoms with Crippen LogP contribution in [0.25, 0.3) is 10.8 Å². The number of carbonyl (C=O) groups excluding carboxylic acids is 1. The van der Waals surface area contributed by atoms with Crippen LogP contribution in [0.4, 0.5) is 4.39 Å². The van der Waals surface area contributed by atoms with Crippen LogP contribution in [0.15, 0.2) is 83.7 Å². The second-order valence-electron chi connectivity index (χ2n) is 8.09. The van der Waals surface area contributed by atoms with E-state index in [9.17, 15) is 14.0 Å². The van der Waals surface area contributed by atoms with E-state index in [1.54, 1.807) is 30.3 Å². The van der Waals surface area contributed by atoms with Crippen LogP contribution in [0, 0.1) is 5.82 Å². The molecule has 0 fully saturated rings. The molecule has 7 heteroatoms. The van der Waals surface area contributed by atoms with Gasteiger partial charge < -0.3 is 10.2 Å². The molecule has 4 aromatic rings. The van der Waals surface area contributed by atoms with E-state index in [1.807, 2.05) is 55.4 Å². The van der Waals surface area contributed by atoms with Gasteiger partial charge in [0.25, 0.3) is 11.5 Å². The van der Waals surface area contributed by atoms with Crippen molar-refractivity contribution in [2.75, 3.05) is 20.6 Å². The van der Waals surface area contributed by atoms with E-state index in [1.165, 1.54) is 16.8 Å². The second kappa shape index (κ2) is 9.75. The molecule has 0 aliphatic heterocycles. The predicted octanol–water partition coefficient (Wildman–Crippen LogP) is 3.62. The Hall–Kier alpha value is -3.84. The van der Waals surface area contributed by atoms with Crippen LogP contribution in [0.5, 0.6) is 0 Å². The minimum Gasteiger partial charge on any atom is -0.349 e. The molecule has 168 valence electrons. The maximum Gasteiger partial charge on any atom is 0.274 e. The van der Waals surface area contributed by atoms with Gasteiger partial charge in [0.15, 0.2) is 5.69 Å². The van der Waals surface area contributed by atoms with Gasteiger partial charge in [-0.15, -0.1) is 0 Å². The fraction of sp³-hybridized carbons (Fsp3) is 0.192. The molecule has 1 atom stereocenters. The molecule has 6 nitrogen and oxygen atoms in total. The van der Waals surface area contributed by atoms with Gasteiger partial charge in [-0.1, -0.05) is 60.7 Å².